The minimum atomic E-state index is -0.0360. The summed E-state index contributed by atoms with van der Waals surface area (Å²) < 4.78 is 7.29. The minimum Gasteiger partial charge on any atom is -0.376 e. The number of halogens is 1. The Kier molecular flexibility index (Phi) is 5.53. The van der Waals surface area contributed by atoms with Crippen LogP contribution < -0.4 is 5.32 Å². The lowest BCUT2D eigenvalue weighted by molar-refractivity contribution is -0.119. The highest BCUT2D eigenvalue weighted by molar-refractivity contribution is 7.99. The Morgan fingerprint density at radius 2 is 2.43 bits per heavy atom. The summed E-state index contributed by atoms with van der Waals surface area (Å²) in [6.45, 7) is 1.36. The highest BCUT2D eigenvalue weighted by atomic mass is 35.5. The van der Waals surface area contributed by atoms with E-state index in [9.17, 15) is 4.79 Å². The number of hydrogen-bond acceptors (Lipinski definition) is 5. The number of aromatic nitrogens is 3. The predicted molar refractivity (Wildman–Crippen MR) is 89.1 cm³/mol. The lowest BCUT2D eigenvalue weighted by Gasteiger charge is -2.10. The van der Waals surface area contributed by atoms with Gasteiger partial charge in [-0.05, 0) is 31.0 Å². The topological polar surface area (TPSA) is 69.0 Å². The predicted octanol–water partition coefficient (Wildman–Crippen LogP) is 2.31. The second-order valence-corrected chi connectivity index (χ2v) is 6.57. The second-order valence-electron chi connectivity index (χ2n) is 5.19. The van der Waals surface area contributed by atoms with E-state index in [4.69, 9.17) is 16.3 Å². The number of ether oxygens (including phenoxy) is 1. The van der Waals surface area contributed by atoms with Crippen LogP contribution in [0, 0.1) is 0 Å². The molecule has 0 aliphatic carbocycles. The maximum atomic E-state index is 11.9. The zero-order valence-corrected chi connectivity index (χ0v) is 14.0. The Morgan fingerprint density at radius 3 is 3.22 bits per heavy atom. The molecule has 0 bridgehead atoms. The third-order valence-corrected chi connectivity index (χ3v) is 4.66. The molecule has 1 unspecified atom stereocenters. The molecule has 23 heavy (non-hydrogen) atoms. The average Bonchev–Trinajstić information content (AvgIpc) is 3.22. The van der Waals surface area contributed by atoms with E-state index in [1.807, 2.05) is 22.8 Å². The van der Waals surface area contributed by atoms with E-state index in [-0.39, 0.29) is 17.8 Å². The maximum absolute atomic E-state index is 11.9. The van der Waals surface area contributed by atoms with Crippen molar-refractivity contribution in [2.45, 2.75) is 24.1 Å². The fourth-order valence-electron chi connectivity index (χ4n) is 2.34. The van der Waals surface area contributed by atoms with Gasteiger partial charge in [0, 0.05) is 18.2 Å². The van der Waals surface area contributed by atoms with Gasteiger partial charge in [-0.25, -0.2) is 0 Å². The molecule has 2 heterocycles. The van der Waals surface area contributed by atoms with Crippen molar-refractivity contribution in [1.29, 1.82) is 0 Å². The number of benzene rings is 1. The molecule has 6 nitrogen and oxygen atoms in total. The highest BCUT2D eigenvalue weighted by Gasteiger charge is 2.16. The number of hydrogen-bond donors (Lipinski definition) is 1. The summed E-state index contributed by atoms with van der Waals surface area (Å²) in [6.07, 6.45) is 3.84. The van der Waals surface area contributed by atoms with Gasteiger partial charge in [0.25, 0.3) is 0 Å². The van der Waals surface area contributed by atoms with Gasteiger partial charge >= 0.3 is 0 Å². The molecular formula is C15H17ClN4O2S. The van der Waals surface area contributed by atoms with Crippen LogP contribution in [-0.4, -0.2) is 45.7 Å². The van der Waals surface area contributed by atoms with Crippen molar-refractivity contribution >= 4 is 29.3 Å². The quantitative estimate of drug-likeness (QED) is 0.808. The third-order valence-electron chi connectivity index (χ3n) is 3.49. The van der Waals surface area contributed by atoms with Crippen LogP contribution in [0.15, 0.2) is 35.7 Å². The average molecular weight is 353 g/mol. The lowest BCUT2D eigenvalue weighted by Crippen LogP contribution is -2.32. The summed E-state index contributed by atoms with van der Waals surface area (Å²) in [7, 11) is 0. The van der Waals surface area contributed by atoms with Crippen molar-refractivity contribution in [3.8, 4) is 5.69 Å². The Balaban J connectivity index is 1.54. The van der Waals surface area contributed by atoms with Crippen molar-refractivity contribution in [2.24, 2.45) is 0 Å². The van der Waals surface area contributed by atoms with Crippen molar-refractivity contribution in [3.63, 3.8) is 0 Å². The molecule has 1 aromatic heterocycles. The summed E-state index contributed by atoms with van der Waals surface area (Å²) in [4.78, 5) is 11.9. The summed E-state index contributed by atoms with van der Waals surface area (Å²) in [6, 6.07) is 7.41. The molecule has 1 atom stereocenters. The van der Waals surface area contributed by atoms with Crippen LogP contribution in [0.5, 0.6) is 0 Å². The summed E-state index contributed by atoms with van der Waals surface area (Å²) in [5.41, 5.74) is 0.866. The number of carbonyl (C=O) groups is 1. The van der Waals surface area contributed by atoms with Crippen molar-refractivity contribution in [3.05, 3.63) is 35.6 Å². The normalized spacial score (nSPS) is 17.3. The van der Waals surface area contributed by atoms with Crippen LogP contribution in [0.3, 0.4) is 0 Å². The molecule has 1 amide bonds. The largest absolute Gasteiger partial charge is 0.376 e. The first-order valence-corrected chi connectivity index (χ1v) is 8.76. The molecule has 1 fully saturated rings. The molecule has 0 radical (unpaired) electrons. The summed E-state index contributed by atoms with van der Waals surface area (Å²) >= 11 is 7.35. The Morgan fingerprint density at radius 1 is 1.52 bits per heavy atom. The van der Waals surface area contributed by atoms with E-state index in [0.29, 0.717) is 16.7 Å². The van der Waals surface area contributed by atoms with Gasteiger partial charge in [-0.15, -0.1) is 10.2 Å². The molecule has 0 saturated carbocycles. The van der Waals surface area contributed by atoms with Gasteiger partial charge in [0.15, 0.2) is 5.16 Å². The lowest BCUT2D eigenvalue weighted by atomic mass is 10.2. The Bertz CT molecular complexity index is 673. The van der Waals surface area contributed by atoms with Gasteiger partial charge in [0.1, 0.15) is 6.33 Å². The van der Waals surface area contributed by atoms with E-state index in [2.05, 4.69) is 15.5 Å². The van der Waals surface area contributed by atoms with Crippen molar-refractivity contribution in [2.75, 3.05) is 18.9 Å². The third kappa shape index (κ3) is 4.46. The molecule has 1 N–H and O–H groups in total. The number of nitrogens with one attached hydrogen (secondary N) is 1. The first kappa shape index (κ1) is 16.3. The van der Waals surface area contributed by atoms with E-state index in [0.717, 1.165) is 25.1 Å². The zero-order chi connectivity index (χ0) is 16.1. The van der Waals surface area contributed by atoms with E-state index >= 15 is 0 Å². The molecule has 0 spiro atoms. The second kappa shape index (κ2) is 7.81. The van der Waals surface area contributed by atoms with Gasteiger partial charge in [-0.3, -0.25) is 9.36 Å². The van der Waals surface area contributed by atoms with Gasteiger partial charge in [-0.1, -0.05) is 29.4 Å². The number of rotatable bonds is 6. The monoisotopic (exact) mass is 352 g/mol. The number of nitrogens with zero attached hydrogens (tertiary/aromatic N) is 3. The van der Waals surface area contributed by atoms with Crippen molar-refractivity contribution < 1.29 is 9.53 Å². The number of amides is 1. The molecule has 122 valence electrons. The van der Waals surface area contributed by atoms with Gasteiger partial charge in [0.2, 0.25) is 5.91 Å². The molecule has 3 rings (SSSR count). The summed E-state index contributed by atoms with van der Waals surface area (Å²) in [5.74, 6) is 0.248. The fraction of sp³-hybridized carbons (Fsp3) is 0.400. The van der Waals surface area contributed by atoms with E-state index in [1.165, 1.54) is 11.8 Å². The van der Waals surface area contributed by atoms with Crippen LogP contribution >= 0.6 is 23.4 Å². The molecule has 1 saturated heterocycles. The first-order valence-electron chi connectivity index (χ1n) is 7.39. The van der Waals surface area contributed by atoms with Crippen LogP contribution in [0.25, 0.3) is 5.69 Å². The van der Waals surface area contributed by atoms with Gasteiger partial charge in [-0.2, -0.15) is 0 Å². The van der Waals surface area contributed by atoms with Crippen LogP contribution in [0.2, 0.25) is 5.02 Å². The Labute approximate surface area is 143 Å². The number of thioether (sulfide) groups is 1. The van der Waals surface area contributed by atoms with Crippen LogP contribution in [-0.2, 0) is 9.53 Å². The standard InChI is InChI=1S/C15H17ClN4O2S/c16-11-3-1-4-12(7-11)20-10-18-19-15(20)23-9-14(21)17-8-13-5-2-6-22-13/h1,3-4,7,10,13H,2,5-6,8-9H2,(H,17,21). The molecule has 1 aliphatic heterocycles. The SMILES string of the molecule is O=C(CSc1nncn1-c1cccc(Cl)c1)NCC1CCCO1. The molecular weight excluding hydrogens is 336 g/mol. The highest BCUT2D eigenvalue weighted by Crippen LogP contribution is 2.21. The zero-order valence-electron chi connectivity index (χ0n) is 12.4. The number of carbonyl (C=O) groups excluding carboxylic acids is 1. The van der Waals surface area contributed by atoms with Crippen LogP contribution in [0.1, 0.15) is 12.8 Å². The van der Waals surface area contributed by atoms with Crippen molar-refractivity contribution in [1.82, 2.24) is 20.1 Å². The van der Waals surface area contributed by atoms with Crippen LogP contribution in [0.4, 0.5) is 0 Å². The molecule has 1 aliphatic rings. The van der Waals surface area contributed by atoms with E-state index < -0.39 is 0 Å². The smallest absolute Gasteiger partial charge is 0.230 e. The first-order chi connectivity index (χ1) is 11.2. The minimum absolute atomic E-state index is 0.0360. The molecule has 1 aromatic carbocycles. The van der Waals surface area contributed by atoms with E-state index in [1.54, 1.807) is 12.4 Å². The van der Waals surface area contributed by atoms with Gasteiger partial charge in [0.05, 0.1) is 17.5 Å². The maximum Gasteiger partial charge on any atom is 0.230 e. The summed E-state index contributed by atoms with van der Waals surface area (Å²) in [5, 5.41) is 12.2. The molecule has 2 aromatic rings. The molecule has 8 heteroatoms. The fourth-order valence-corrected chi connectivity index (χ4v) is 3.28. The Hall–Kier alpha value is -1.57. The van der Waals surface area contributed by atoms with Gasteiger partial charge < -0.3 is 10.1 Å².